The second-order valence-corrected chi connectivity index (χ2v) is 4.20. The molecule has 1 heterocycles. The molecule has 16 heavy (non-hydrogen) atoms. The average molecular weight is 221 g/mol. The van der Waals surface area contributed by atoms with Crippen molar-refractivity contribution in [3.05, 3.63) is 35.4 Å². The standard InChI is InChI=1S/C8H5NO3.C4H10/c10-7-5-3-1-2-4-6(5)8(11)9(7)12;1-4(2)3/h1-4,12H;4H,1-3H3. The van der Waals surface area contributed by atoms with Crippen LogP contribution < -0.4 is 0 Å². The van der Waals surface area contributed by atoms with E-state index in [4.69, 9.17) is 5.21 Å². The number of imide groups is 1. The number of hydrogen-bond donors (Lipinski definition) is 1. The zero-order chi connectivity index (χ0) is 12.3. The molecular weight excluding hydrogens is 206 g/mol. The lowest BCUT2D eigenvalue weighted by Crippen LogP contribution is -2.25. The van der Waals surface area contributed by atoms with E-state index in [1.165, 1.54) is 12.1 Å². The van der Waals surface area contributed by atoms with Crippen molar-refractivity contribution in [1.29, 1.82) is 0 Å². The number of fused-ring (bicyclic) bond motifs is 1. The summed E-state index contributed by atoms with van der Waals surface area (Å²) in [5.74, 6) is -0.480. The Kier molecular flexibility index (Phi) is 3.79. The van der Waals surface area contributed by atoms with Crippen molar-refractivity contribution in [2.75, 3.05) is 0 Å². The monoisotopic (exact) mass is 221 g/mol. The predicted octanol–water partition coefficient (Wildman–Crippen LogP) is 2.33. The quantitative estimate of drug-likeness (QED) is 0.540. The third-order valence-electron chi connectivity index (χ3n) is 1.77. The molecule has 4 heteroatoms. The minimum Gasteiger partial charge on any atom is -0.278 e. The molecule has 0 aromatic heterocycles. The van der Waals surface area contributed by atoms with Gasteiger partial charge in [0.2, 0.25) is 0 Å². The van der Waals surface area contributed by atoms with Crippen LogP contribution in [0.15, 0.2) is 24.3 Å². The van der Waals surface area contributed by atoms with Crippen LogP contribution in [0.4, 0.5) is 0 Å². The minimum absolute atomic E-state index is 0.130. The number of carbonyl (C=O) groups is 2. The van der Waals surface area contributed by atoms with E-state index in [2.05, 4.69) is 20.8 Å². The molecule has 0 saturated heterocycles. The van der Waals surface area contributed by atoms with E-state index >= 15 is 0 Å². The van der Waals surface area contributed by atoms with Gasteiger partial charge in [-0.1, -0.05) is 32.9 Å². The van der Waals surface area contributed by atoms with Gasteiger partial charge in [0.25, 0.3) is 11.8 Å². The fourth-order valence-electron chi connectivity index (χ4n) is 1.18. The first-order valence-corrected chi connectivity index (χ1v) is 5.11. The highest BCUT2D eigenvalue weighted by Gasteiger charge is 2.33. The third kappa shape index (κ3) is 2.46. The molecule has 0 radical (unpaired) electrons. The van der Waals surface area contributed by atoms with E-state index in [1.807, 2.05) is 0 Å². The van der Waals surface area contributed by atoms with Crippen molar-refractivity contribution in [1.82, 2.24) is 5.06 Å². The summed E-state index contributed by atoms with van der Waals surface area (Å²) in [7, 11) is 0. The molecule has 0 aliphatic carbocycles. The van der Waals surface area contributed by atoms with Gasteiger partial charge in [-0.05, 0) is 18.1 Å². The third-order valence-corrected chi connectivity index (χ3v) is 1.77. The van der Waals surface area contributed by atoms with E-state index in [1.54, 1.807) is 12.1 Å². The van der Waals surface area contributed by atoms with Gasteiger partial charge >= 0.3 is 0 Å². The molecule has 0 spiro atoms. The number of amides is 2. The molecule has 2 rings (SSSR count). The van der Waals surface area contributed by atoms with Crippen LogP contribution in [0.25, 0.3) is 0 Å². The summed E-state index contributed by atoms with van der Waals surface area (Å²) in [6.07, 6.45) is 0. The Hall–Kier alpha value is -1.68. The van der Waals surface area contributed by atoms with Crippen LogP contribution in [0, 0.1) is 5.92 Å². The maximum Gasteiger partial charge on any atom is 0.285 e. The highest BCUT2D eigenvalue weighted by molar-refractivity contribution is 6.20. The number of hydrogen-bond acceptors (Lipinski definition) is 3. The summed E-state index contributed by atoms with van der Waals surface area (Å²) in [5, 5.41) is 9.05. The first-order chi connectivity index (χ1) is 7.45. The van der Waals surface area contributed by atoms with Crippen molar-refractivity contribution < 1.29 is 14.8 Å². The molecule has 0 saturated carbocycles. The predicted molar refractivity (Wildman–Crippen MR) is 59.2 cm³/mol. The molecule has 0 fully saturated rings. The van der Waals surface area contributed by atoms with Crippen molar-refractivity contribution in [2.45, 2.75) is 20.8 Å². The maximum absolute atomic E-state index is 11.1. The molecule has 2 amide bonds. The Balaban J connectivity index is 0.000000280. The SMILES string of the molecule is CC(C)C.O=C1c2ccccc2C(=O)N1O. The van der Waals surface area contributed by atoms with Crippen molar-refractivity contribution in [3.8, 4) is 0 Å². The van der Waals surface area contributed by atoms with Gasteiger partial charge < -0.3 is 0 Å². The smallest absolute Gasteiger partial charge is 0.278 e. The lowest BCUT2D eigenvalue weighted by Gasteiger charge is -1.99. The van der Waals surface area contributed by atoms with E-state index < -0.39 is 11.8 Å². The lowest BCUT2D eigenvalue weighted by atomic mass is 10.1. The number of benzene rings is 1. The number of rotatable bonds is 0. The average Bonchev–Trinajstić information content (AvgIpc) is 2.44. The van der Waals surface area contributed by atoms with Crippen LogP contribution in [0.3, 0.4) is 0 Å². The highest BCUT2D eigenvalue weighted by atomic mass is 16.5. The van der Waals surface area contributed by atoms with Crippen molar-refractivity contribution >= 4 is 11.8 Å². The Morgan fingerprint density at radius 2 is 1.31 bits per heavy atom. The Labute approximate surface area is 94.5 Å². The number of carbonyl (C=O) groups excluding carboxylic acids is 2. The van der Waals surface area contributed by atoms with E-state index in [0.717, 1.165) is 5.92 Å². The van der Waals surface area contributed by atoms with Crippen LogP contribution in [-0.2, 0) is 0 Å². The zero-order valence-electron chi connectivity index (χ0n) is 9.60. The van der Waals surface area contributed by atoms with Crippen molar-refractivity contribution in [3.63, 3.8) is 0 Å². The molecule has 1 aromatic carbocycles. The largest absolute Gasteiger partial charge is 0.285 e. The molecule has 4 nitrogen and oxygen atoms in total. The molecule has 1 aromatic rings. The minimum atomic E-state index is -0.657. The van der Waals surface area contributed by atoms with Gasteiger partial charge in [0.15, 0.2) is 0 Å². The van der Waals surface area contributed by atoms with Crippen LogP contribution in [0.2, 0.25) is 0 Å². The highest BCUT2D eigenvalue weighted by Crippen LogP contribution is 2.19. The summed E-state index contributed by atoms with van der Waals surface area (Å²) in [5.41, 5.74) is 0.509. The van der Waals surface area contributed by atoms with Crippen LogP contribution in [0.5, 0.6) is 0 Å². The van der Waals surface area contributed by atoms with Crippen LogP contribution >= 0.6 is 0 Å². The van der Waals surface area contributed by atoms with Gasteiger partial charge in [-0.2, -0.15) is 0 Å². The van der Waals surface area contributed by atoms with Crippen LogP contribution in [0.1, 0.15) is 41.5 Å². The van der Waals surface area contributed by atoms with Gasteiger partial charge in [-0.3, -0.25) is 14.8 Å². The fraction of sp³-hybridized carbons (Fsp3) is 0.333. The van der Waals surface area contributed by atoms with E-state index in [-0.39, 0.29) is 16.2 Å². The summed E-state index contributed by atoms with van der Waals surface area (Å²) in [6, 6.07) is 6.30. The molecule has 1 aliphatic heterocycles. The Morgan fingerprint density at radius 3 is 1.62 bits per heavy atom. The summed E-state index contributed by atoms with van der Waals surface area (Å²) in [4.78, 5) is 22.1. The number of hydroxylamine groups is 2. The fourth-order valence-corrected chi connectivity index (χ4v) is 1.18. The second kappa shape index (κ2) is 4.90. The van der Waals surface area contributed by atoms with Gasteiger partial charge in [0.1, 0.15) is 0 Å². The normalized spacial score (nSPS) is 13.7. The Bertz CT molecular complexity index is 375. The first kappa shape index (κ1) is 12.4. The Morgan fingerprint density at radius 1 is 1.00 bits per heavy atom. The molecule has 86 valence electrons. The van der Waals surface area contributed by atoms with Gasteiger partial charge in [0.05, 0.1) is 11.1 Å². The molecule has 0 unspecified atom stereocenters. The molecule has 1 N–H and O–H groups in total. The van der Waals surface area contributed by atoms with Crippen LogP contribution in [-0.4, -0.2) is 22.1 Å². The lowest BCUT2D eigenvalue weighted by molar-refractivity contribution is -0.0327. The van der Waals surface area contributed by atoms with Gasteiger partial charge in [-0.25, -0.2) is 0 Å². The number of nitrogens with zero attached hydrogens (tertiary/aromatic N) is 1. The molecular formula is C12H15NO3. The summed E-state index contributed by atoms with van der Waals surface area (Å²) >= 11 is 0. The second-order valence-electron chi connectivity index (χ2n) is 4.20. The summed E-state index contributed by atoms with van der Waals surface area (Å²) in [6.45, 7) is 6.50. The van der Waals surface area contributed by atoms with E-state index in [9.17, 15) is 9.59 Å². The first-order valence-electron chi connectivity index (χ1n) is 5.11. The molecule has 1 aliphatic rings. The summed E-state index contributed by atoms with van der Waals surface area (Å²) < 4.78 is 0. The van der Waals surface area contributed by atoms with Crippen molar-refractivity contribution in [2.24, 2.45) is 5.92 Å². The zero-order valence-corrected chi connectivity index (χ0v) is 9.60. The van der Waals surface area contributed by atoms with Gasteiger partial charge in [0, 0.05) is 0 Å². The molecule has 0 atom stereocenters. The molecule has 0 bridgehead atoms. The van der Waals surface area contributed by atoms with E-state index in [0.29, 0.717) is 0 Å². The maximum atomic E-state index is 11.1. The van der Waals surface area contributed by atoms with Gasteiger partial charge in [-0.15, -0.1) is 5.06 Å². The topological polar surface area (TPSA) is 57.6 Å².